The van der Waals surface area contributed by atoms with Gasteiger partial charge in [0.15, 0.2) is 5.82 Å². The molecule has 0 saturated carbocycles. The highest BCUT2D eigenvalue weighted by atomic mass is 79.9. The average Bonchev–Trinajstić information content (AvgIpc) is 2.92. The first-order valence-corrected chi connectivity index (χ1v) is 7.34. The number of aromatic nitrogens is 2. The first kappa shape index (κ1) is 13.8. The highest BCUT2D eigenvalue weighted by Gasteiger charge is 2.12. The first-order chi connectivity index (χ1) is 10.1. The summed E-state index contributed by atoms with van der Waals surface area (Å²) >= 11 is 3.42. The van der Waals surface area contributed by atoms with E-state index in [1.807, 2.05) is 49.4 Å². The van der Waals surface area contributed by atoms with Gasteiger partial charge in [0.25, 0.3) is 5.89 Å². The van der Waals surface area contributed by atoms with E-state index in [0.717, 1.165) is 21.2 Å². The van der Waals surface area contributed by atoms with Crippen molar-refractivity contribution in [1.29, 1.82) is 0 Å². The summed E-state index contributed by atoms with van der Waals surface area (Å²) in [4.78, 5) is 4.43. The second kappa shape index (κ2) is 5.69. The molecule has 21 heavy (non-hydrogen) atoms. The van der Waals surface area contributed by atoms with E-state index < -0.39 is 0 Å². The zero-order valence-electron chi connectivity index (χ0n) is 11.5. The van der Waals surface area contributed by atoms with Crippen molar-refractivity contribution >= 4 is 21.6 Å². The first-order valence-electron chi connectivity index (χ1n) is 6.55. The summed E-state index contributed by atoms with van der Waals surface area (Å²) in [5, 5.41) is 4.03. The number of nitrogens with zero attached hydrogens (tertiary/aromatic N) is 2. The molecule has 0 unspecified atom stereocenters. The lowest BCUT2D eigenvalue weighted by atomic mass is 10.1. The third kappa shape index (κ3) is 3.13. The average molecular weight is 344 g/mol. The van der Waals surface area contributed by atoms with Gasteiger partial charge in [-0.25, -0.2) is 0 Å². The molecule has 3 aromatic rings. The van der Waals surface area contributed by atoms with Gasteiger partial charge in [-0.2, -0.15) is 4.98 Å². The van der Waals surface area contributed by atoms with Crippen LogP contribution in [0.25, 0.3) is 11.5 Å². The lowest BCUT2D eigenvalue weighted by molar-refractivity contribution is 0.424. The van der Waals surface area contributed by atoms with Crippen molar-refractivity contribution in [2.75, 3.05) is 5.73 Å². The van der Waals surface area contributed by atoms with Crippen LogP contribution in [0.4, 0.5) is 5.69 Å². The summed E-state index contributed by atoms with van der Waals surface area (Å²) in [6.45, 7) is 2.00. The van der Waals surface area contributed by atoms with E-state index in [9.17, 15) is 0 Å². The van der Waals surface area contributed by atoms with Gasteiger partial charge in [-0.3, -0.25) is 0 Å². The minimum absolute atomic E-state index is 0.461. The summed E-state index contributed by atoms with van der Waals surface area (Å²) in [5.74, 6) is 1.11. The zero-order valence-corrected chi connectivity index (χ0v) is 13.1. The van der Waals surface area contributed by atoms with Crippen molar-refractivity contribution in [3.8, 4) is 11.5 Å². The van der Waals surface area contributed by atoms with E-state index in [2.05, 4.69) is 26.1 Å². The molecule has 0 saturated heterocycles. The van der Waals surface area contributed by atoms with Crippen LogP contribution in [-0.4, -0.2) is 10.1 Å². The molecule has 2 N–H and O–H groups in total. The molecule has 3 rings (SSSR count). The Morgan fingerprint density at radius 3 is 2.67 bits per heavy atom. The summed E-state index contributed by atoms with van der Waals surface area (Å²) in [6, 6.07) is 13.8. The number of aryl methyl sites for hydroxylation is 1. The molecular weight excluding hydrogens is 330 g/mol. The van der Waals surface area contributed by atoms with Crippen molar-refractivity contribution in [3.63, 3.8) is 0 Å². The van der Waals surface area contributed by atoms with Crippen LogP contribution >= 0.6 is 15.9 Å². The van der Waals surface area contributed by atoms with Gasteiger partial charge in [0.2, 0.25) is 0 Å². The number of halogens is 1. The molecule has 0 aliphatic heterocycles. The van der Waals surface area contributed by atoms with E-state index in [1.54, 1.807) is 0 Å². The Morgan fingerprint density at radius 1 is 1.14 bits per heavy atom. The maximum absolute atomic E-state index is 5.97. The van der Waals surface area contributed by atoms with Crippen molar-refractivity contribution in [3.05, 3.63) is 63.9 Å². The van der Waals surface area contributed by atoms with Crippen LogP contribution in [0, 0.1) is 6.92 Å². The second-order valence-electron chi connectivity index (χ2n) is 4.91. The van der Waals surface area contributed by atoms with Crippen LogP contribution < -0.4 is 5.73 Å². The van der Waals surface area contributed by atoms with E-state index >= 15 is 0 Å². The topological polar surface area (TPSA) is 64.9 Å². The van der Waals surface area contributed by atoms with Gasteiger partial charge < -0.3 is 10.3 Å². The molecule has 0 bridgehead atoms. The van der Waals surface area contributed by atoms with Crippen molar-refractivity contribution in [2.24, 2.45) is 0 Å². The molecule has 0 fully saturated rings. The normalized spacial score (nSPS) is 10.8. The molecular formula is C16H14BrN3O. The van der Waals surface area contributed by atoms with Crippen molar-refractivity contribution < 1.29 is 4.52 Å². The number of anilines is 1. The summed E-state index contributed by atoms with van der Waals surface area (Å²) in [6.07, 6.45) is 0.627. The van der Waals surface area contributed by atoms with E-state index in [-0.39, 0.29) is 0 Å². The Morgan fingerprint density at radius 2 is 1.90 bits per heavy atom. The van der Waals surface area contributed by atoms with Gasteiger partial charge in [-0.05, 0) is 36.8 Å². The Balaban J connectivity index is 1.86. The molecule has 0 radical (unpaired) electrons. The smallest absolute Gasteiger partial charge is 0.260 e. The molecule has 2 aromatic carbocycles. The zero-order chi connectivity index (χ0) is 14.8. The van der Waals surface area contributed by atoms with Crippen LogP contribution in [0.1, 0.15) is 17.0 Å². The molecule has 0 aliphatic rings. The number of rotatable bonds is 3. The van der Waals surface area contributed by atoms with Crippen LogP contribution in [0.3, 0.4) is 0 Å². The number of benzene rings is 2. The lowest BCUT2D eigenvalue weighted by Crippen LogP contribution is -1.92. The second-order valence-corrected chi connectivity index (χ2v) is 5.83. The fraction of sp³-hybridized carbons (Fsp3) is 0.125. The molecule has 106 valence electrons. The van der Waals surface area contributed by atoms with Gasteiger partial charge in [-0.15, -0.1) is 0 Å². The number of hydrogen-bond donors (Lipinski definition) is 1. The Hall–Kier alpha value is -2.14. The van der Waals surface area contributed by atoms with Crippen LogP contribution in [0.2, 0.25) is 0 Å². The molecule has 0 atom stereocenters. The molecule has 0 aliphatic carbocycles. The summed E-state index contributed by atoms with van der Waals surface area (Å²) < 4.78 is 6.38. The monoisotopic (exact) mass is 343 g/mol. The molecule has 1 heterocycles. The number of hydrogen-bond acceptors (Lipinski definition) is 4. The van der Waals surface area contributed by atoms with Gasteiger partial charge in [0.05, 0.1) is 5.56 Å². The van der Waals surface area contributed by atoms with Gasteiger partial charge >= 0.3 is 0 Å². The third-order valence-electron chi connectivity index (χ3n) is 3.18. The van der Waals surface area contributed by atoms with E-state index in [0.29, 0.717) is 23.8 Å². The molecule has 1 aromatic heterocycles. The third-order valence-corrected chi connectivity index (χ3v) is 3.71. The molecule has 4 nitrogen and oxygen atoms in total. The number of nitrogen functional groups attached to an aromatic ring is 1. The fourth-order valence-electron chi connectivity index (χ4n) is 2.08. The fourth-order valence-corrected chi connectivity index (χ4v) is 2.34. The number of nitrogens with two attached hydrogens (primary N) is 1. The standard InChI is InChI=1S/C16H14BrN3O/c1-10-2-7-14(18)13(8-10)16-19-15(20-21-16)9-11-3-5-12(17)6-4-11/h2-8H,9,18H2,1H3. The predicted octanol–water partition coefficient (Wildman–Crippen LogP) is 3.98. The van der Waals surface area contributed by atoms with Crippen LogP contribution in [0.5, 0.6) is 0 Å². The molecule has 0 spiro atoms. The molecule has 5 heteroatoms. The largest absolute Gasteiger partial charge is 0.398 e. The minimum Gasteiger partial charge on any atom is -0.398 e. The maximum Gasteiger partial charge on any atom is 0.260 e. The highest BCUT2D eigenvalue weighted by molar-refractivity contribution is 9.10. The van der Waals surface area contributed by atoms with Crippen LogP contribution in [0.15, 0.2) is 51.5 Å². The summed E-state index contributed by atoms with van der Waals surface area (Å²) in [7, 11) is 0. The molecule has 0 amide bonds. The lowest BCUT2D eigenvalue weighted by Gasteiger charge is -2.01. The highest BCUT2D eigenvalue weighted by Crippen LogP contribution is 2.25. The van der Waals surface area contributed by atoms with E-state index in [1.165, 1.54) is 0 Å². The van der Waals surface area contributed by atoms with E-state index in [4.69, 9.17) is 10.3 Å². The van der Waals surface area contributed by atoms with Crippen LogP contribution in [-0.2, 0) is 6.42 Å². The maximum atomic E-state index is 5.97. The Bertz CT molecular complexity index is 765. The predicted molar refractivity (Wildman–Crippen MR) is 85.8 cm³/mol. The van der Waals surface area contributed by atoms with Crippen molar-refractivity contribution in [1.82, 2.24) is 10.1 Å². The minimum atomic E-state index is 0.461. The Labute approximate surface area is 131 Å². The summed E-state index contributed by atoms with van der Waals surface area (Å²) in [5.41, 5.74) is 9.62. The Kier molecular flexibility index (Phi) is 3.75. The van der Waals surface area contributed by atoms with Crippen molar-refractivity contribution in [2.45, 2.75) is 13.3 Å². The van der Waals surface area contributed by atoms with Gasteiger partial charge in [0.1, 0.15) is 0 Å². The van der Waals surface area contributed by atoms with Gasteiger partial charge in [0, 0.05) is 16.6 Å². The quantitative estimate of drug-likeness (QED) is 0.730. The SMILES string of the molecule is Cc1ccc(N)c(-c2nc(Cc3ccc(Br)cc3)no2)c1. The van der Waals surface area contributed by atoms with Gasteiger partial charge in [-0.1, -0.05) is 44.8 Å².